The quantitative estimate of drug-likeness (QED) is 0.575. The average Bonchev–Trinajstić information content (AvgIpc) is 2.64. The molecule has 0 N–H and O–H groups in total. The van der Waals surface area contributed by atoms with E-state index in [-0.39, 0.29) is 10.6 Å². The van der Waals surface area contributed by atoms with E-state index in [4.69, 9.17) is 11.6 Å². The predicted octanol–water partition coefficient (Wildman–Crippen LogP) is 5.79. The van der Waals surface area contributed by atoms with Crippen LogP contribution in [-0.4, -0.2) is 0 Å². The van der Waals surface area contributed by atoms with E-state index in [1.165, 1.54) is 23.5 Å². The van der Waals surface area contributed by atoms with Crippen LogP contribution >= 0.6 is 54.8 Å². The van der Waals surface area contributed by atoms with Gasteiger partial charge in [0.05, 0.1) is 9.16 Å². The van der Waals surface area contributed by atoms with E-state index in [9.17, 15) is 4.39 Å². The van der Waals surface area contributed by atoms with E-state index in [1.54, 1.807) is 6.07 Å². The zero-order valence-corrected chi connectivity index (χ0v) is 12.6. The lowest BCUT2D eigenvalue weighted by molar-refractivity contribution is 0.626. The largest absolute Gasteiger partial charge is 0.207 e. The molecule has 1 aromatic heterocycles. The monoisotopic (exact) mass is 382 g/mol. The van der Waals surface area contributed by atoms with Crippen LogP contribution in [-0.2, 0) is 0 Å². The fraction of sp³-hybridized carbons (Fsp3) is 0.0909. The molecule has 0 aliphatic rings. The minimum atomic E-state index is -0.250. The molecular formula is C11H6Br2ClFS. The van der Waals surface area contributed by atoms with Crippen molar-refractivity contribution in [2.45, 2.75) is 4.83 Å². The van der Waals surface area contributed by atoms with Gasteiger partial charge in [0.2, 0.25) is 0 Å². The number of hydrogen-bond donors (Lipinski definition) is 0. The third kappa shape index (κ3) is 2.67. The molecule has 16 heavy (non-hydrogen) atoms. The van der Waals surface area contributed by atoms with Gasteiger partial charge in [0.25, 0.3) is 0 Å². The Balaban J connectivity index is 2.37. The van der Waals surface area contributed by atoms with Crippen LogP contribution in [0.15, 0.2) is 34.8 Å². The Bertz CT molecular complexity index is 512. The first kappa shape index (κ1) is 12.6. The molecule has 0 aliphatic carbocycles. The summed E-state index contributed by atoms with van der Waals surface area (Å²) < 4.78 is 14.5. The van der Waals surface area contributed by atoms with E-state index in [0.29, 0.717) is 0 Å². The lowest BCUT2D eigenvalue weighted by atomic mass is 10.1. The summed E-state index contributed by atoms with van der Waals surface area (Å²) in [6.45, 7) is 0. The third-order valence-electron chi connectivity index (χ3n) is 2.08. The Labute approximate surface area is 119 Å². The van der Waals surface area contributed by atoms with E-state index in [0.717, 1.165) is 19.2 Å². The van der Waals surface area contributed by atoms with Crippen molar-refractivity contribution in [3.63, 3.8) is 0 Å². The zero-order chi connectivity index (χ0) is 11.7. The Morgan fingerprint density at radius 3 is 2.56 bits per heavy atom. The van der Waals surface area contributed by atoms with Crippen LogP contribution in [0.3, 0.4) is 0 Å². The van der Waals surface area contributed by atoms with Crippen LogP contribution in [0.1, 0.15) is 15.3 Å². The summed E-state index contributed by atoms with van der Waals surface area (Å²) in [5, 5.41) is 0. The van der Waals surface area contributed by atoms with Crippen molar-refractivity contribution in [3.05, 3.63) is 55.4 Å². The molecule has 84 valence electrons. The second kappa shape index (κ2) is 5.17. The highest BCUT2D eigenvalue weighted by molar-refractivity contribution is 9.11. The van der Waals surface area contributed by atoms with Gasteiger partial charge in [0.1, 0.15) is 5.82 Å². The van der Waals surface area contributed by atoms with E-state index in [2.05, 4.69) is 31.9 Å². The maximum atomic E-state index is 13.0. The Morgan fingerprint density at radius 1 is 1.25 bits per heavy atom. The number of halogens is 4. The minimum absolute atomic E-state index is 0.0278. The van der Waals surface area contributed by atoms with Crippen molar-refractivity contribution in [2.75, 3.05) is 0 Å². The number of rotatable bonds is 2. The fourth-order valence-corrected chi connectivity index (χ4v) is 4.10. The van der Waals surface area contributed by atoms with E-state index in [1.807, 2.05) is 12.1 Å². The molecule has 0 fully saturated rings. The second-order valence-electron chi connectivity index (χ2n) is 3.17. The van der Waals surface area contributed by atoms with Crippen LogP contribution in [0.25, 0.3) is 0 Å². The molecule has 0 saturated carbocycles. The number of alkyl halides is 1. The SMILES string of the molecule is Fc1ccc(C(Br)c2ccc(Cl)s2)c(Br)c1. The van der Waals surface area contributed by atoms with E-state index >= 15 is 0 Å². The first-order valence-electron chi connectivity index (χ1n) is 4.42. The highest BCUT2D eigenvalue weighted by Gasteiger charge is 2.15. The summed E-state index contributed by atoms with van der Waals surface area (Å²) in [6, 6.07) is 8.48. The number of thiophene rings is 1. The van der Waals surface area contributed by atoms with Crippen LogP contribution in [0.4, 0.5) is 4.39 Å². The van der Waals surface area contributed by atoms with Crippen LogP contribution in [0.5, 0.6) is 0 Å². The summed E-state index contributed by atoms with van der Waals surface area (Å²) in [7, 11) is 0. The average molecular weight is 384 g/mol. The van der Waals surface area contributed by atoms with Crippen molar-refractivity contribution in [3.8, 4) is 0 Å². The smallest absolute Gasteiger partial charge is 0.124 e. The Kier molecular flexibility index (Phi) is 4.06. The highest BCUT2D eigenvalue weighted by atomic mass is 79.9. The molecule has 0 spiro atoms. The van der Waals surface area contributed by atoms with Gasteiger partial charge in [-0.25, -0.2) is 4.39 Å². The lowest BCUT2D eigenvalue weighted by Gasteiger charge is -2.10. The van der Waals surface area contributed by atoms with Crippen LogP contribution < -0.4 is 0 Å². The van der Waals surface area contributed by atoms with Crippen molar-refractivity contribution >= 4 is 54.8 Å². The molecule has 0 nitrogen and oxygen atoms in total. The predicted molar refractivity (Wildman–Crippen MR) is 74.2 cm³/mol. The Morgan fingerprint density at radius 2 is 2.00 bits per heavy atom. The van der Waals surface area contributed by atoms with Gasteiger partial charge < -0.3 is 0 Å². The molecule has 1 unspecified atom stereocenters. The fourth-order valence-electron chi connectivity index (χ4n) is 1.32. The Hall–Kier alpha value is 0.1000. The van der Waals surface area contributed by atoms with Gasteiger partial charge in [-0.3, -0.25) is 0 Å². The summed E-state index contributed by atoms with van der Waals surface area (Å²) >= 11 is 14.3. The van der Waals surface area contributed by atoms with Gasteiger partial charge in [0, 0.05) is 9.35 Å². The molecule has 2 rings (SSSR count). The summed E-state index contributed by atoms with van der Waals surface area (Å²) in [6.07, 6.45) is 0. The van der Waals surface area contributed by atoms with Crippen LogP contribution in [0, 0.1) is 5.82 Å². The molecule has 0 radical (unpaired) electrons. The van der Waals surface area contributed by atoms with Crippen molar-refractivity contribution in [1.82, 2.24) is 0 Å². The lowest BCUT2D eigenvalue weighted by Crippen LogP contribution is -1.91. The van der Waals surface area contributed by atoms with Gasteiger partial charge in [-0.05, 0) is 29.8 Å². The van der Waals surface area contributed by atoms with Gasteiger partial charge in [-0.1, -0.05) is 49.5 Å². The standard InChI is InChI=1S/C11H6Br2ClFS/c12-8-5-6(15)1-2-7(8)11(13)9-3-4-10(14)16-9/h1-5,11H. The minimum Gasteiger partial charge on any atom is -0.207 e. The molecule has 1 heterocycles. The first-order valence-corrected chi connectivity index (χ1v) is 7.32. The van der Waals surface area contributed by atoms with Crippen molar-refractivity contribution < 1.29 is 4.39 Å². The van der Waals surface area contributed by atoms with Gasteiger partial charge >= 0.3 is 0 Å². The molecule has 0 aliphatic heterocycles. The molecule has 5 heteroatoms. The van der Waals surface area contributed by atoms with Gasteiger partial charge in [-0.2, -0.15) is 0 Å². The summed E-state index contributed by atoms with van der Waals surface area (Å²) in [5.74, 6) is -0.250. The first-order chi connectivity index (χ1) is 7.58. The van der Waals surface area contributed by atoms with Crippen molar-refractivity contribution in [2.24, 2.45) is 0 Å². The topological polar surface area (TPSA) is 0 Å². The molecule has 2 aromatic rings. The number of benzene rings is 1. The van der Waals surface area contributed by atoms with Crippen LogP contribution in [0.2, 0.25) is 4.34 Å². The molecule has 0 amide bonds. The summed E-state index contributed by atoms with van der Waals surface area (Å²) in [5.41, 5.74) is 0.986. The van der Waals surface area contributed by atoms with Gasteiger partial charge in [0.15, 0.2) is 0 Å². The summed E-state index contributed by atoms with van der Waals surface area (Å²) in [4.78, 5) is 1.12. The normalized spacial score (nSPS) is 12.8. The zero-order valence-electron chi connectivity index (χ0n) is 7.88. The maximum Gasteiger partial charge on any atom is 0.124 e. The molecule has 1 atom stereocenters. The van der Waals surface area contributed by atoms with Gasteiger partial charge in [-0.15, -0.1) is 11.3 Å². The highest BCUT2D eigenvalue weighted by Crippen LogP contribution is 2.39. The molecule has 1 aromatic carbocycles. The third-order valence-corrected chi connectivity index (χ3v) is 5.35. The maximum absolute atomic E-state index is 13.0. The molecule has 0 saturated heterocycles. The molecule has 0 bridgehead atoms. The number of hydrogen-bond acceptors (Lipinski definition) is 1. The second-order valence-corrected chi connectivity index (χ2v) is 6.69. The molecular weight excluding hydrogens is 378 g/mol. The van der Waals surface area contributed by atoms with Crippen molar-refractivity contribution in [1.29, 1.82) is 0 Å². The van der Waals surface area contributed by atoms with E-state index < -0.39 is 0 Å².